The van der Waals surface area contributed by atoms with E-state index in [4.69, 9.17) is 21.3 Å². The molecule has 0 amide bonds. The number of nitrogens with zero attached hydrogens (tertiary/aromatic N) is 1. The molecule has 2 rings (SSSR count). The van der Waals surface area contributed by atoms with E-state index >= 15 is 0 Å². The lowest BCUT2D eigenvalue weighted by atomic mass is 10.1. The molecule has 0 radical (unpaired) electrons. The fourth-order valence-corrected chi connectivity index (χ4v) is 1.51. The van der Waals surface area contributed by atoms with Crippen molar-refractivity contribution in [2.24, 2.45) is 0 Å². The summed E-state index contributed by atoms with van der Waals surface area (Å²) in [5, 5.41) is 9.26. The van der Waals surface area contributed by atoms with Crippen LogP contribution in [-0.2, 0) is 0 Å². The first-order chi connectivity index (χ1) is 6.63. The van der Waals surface area contributed by atoms with Gasteiger partial charge in [-0.15, -0.1) is 0 Å². The third kappa shape index (κ3) is 1.16. The van der Waals surface area contributed by atoms with Gasteiger partial charge in [0.1, 0.15) is 28.8 Å². The monoisotopic (exact) mass is 209 g/mol. The van der Waals surface area contributed by atoms with Crippen LogP contribution in [0.25, 0.3) is 11.0 Å². The highest BCUT2D eigenvalue weighted by molar-refractivity contribution is 6.31. The molecule has 0 aliphatic rings. The minimum Gasteiger partial charge on any atom is -0.460 e. The number of halogens is 2. The molecule has 0 unspecified atom stereocenters. The Balaban J connectivity index is 2.91. The minimum absolute atomic E-state index is 0.00394. The zero-order chi connectivity index (χ0) is 10.3. The van der Waals surface area contributed by atoms with Crippen molar-refractivity contribution >= 4 is 22.6 Å². The molecule has 1 aromatic heterocycles. The van der Waals surface area contributed by atoms with Crippen LogP contribution in [0, 0.1) is 24.1 Å². The van der Waals surface area contributed by atoms with Gasteiger partial charge in [0.2, 0.25) is 0 Å². The second kappa shape index (κ2) is 3.00. The number of nitriles is 1. The van der Waals surface area contributed by atoms with E-state index in [0.717, 1.165) is 0 Å². The van der Waals surface area contributed by atoms with Gasteiger partial charge in [0, 0.05) is 11.5 Å². The number of rotatable bonds is 0. The first-order valence-electron chi connectivity index (χ1n) is 3.91. The maximum Gasteiger partial charge on any atom is 0.142 e. The van der Waals surface area contributed by atoms with Crippen LogP contribution in [0.1, 0.15) is 11.3 Å². The predicted molar refractivity (Wildman–Crippen MR) is 50.6 cm³/mol. The summed E-state index contributed by atoms with van der Waals surface area (Å²) in [5.74, 6) is -0.0689. The summed E-state index contributed by atoms with van der Waals surface area (Å²) < 4.78 is 18.3. The predicted octanol–water partition coefficient (Wildman–Crippen LogP) is 3.41. The second-order valence-electron chi connectivity index (χ2n) is 2.91. The SMILES string of the molecule is Cc1oc2cc(Cl)c(F)cc2c1C#N. The Morgan fingerprint density at radius 3 is 2.86 bits per heavy atom. The highest BCUT2D eigenvalue weighted by Gasteiger charge is 2.13. The van der Waals surface area contributed by atoms with Crippen molar-refractivity contribution in [3.05, 3.63) is 34.3 Å². The zero-order valence-corrected chi connectivity index (χ0v) is 8.02. The molecule has 1 aromatic carbocycles. The standard InChI is InChI=1S/C10H5ClFNO/c1-5-7(4-13)6-2-9(12)8(11)3-10(6)14-5/h2-3H,1H3. The van der Waals surface area contributed by atoms with E-state index in [0.29, 0.717) is 22.3 Å². The number of hydrogen-bond acceptors (Lipinski definition) is 2. The summed E-state index contributed by atoms with van der Waals surface area (Å²) in [6.45, 7) is 1.66. The zero-order valence-electron chi connectivity index (χ0n) is 7.27. The van der Waals surface area contributed by atoms with E-state index in [9.17, 15) is 4.39 Å². The van der Waals surface area contributed by atoms with Crippen LogP contribution < -0.4 is 0 Å². The smallest absolute Gasteiger partial charge is 0.142 e. The maximum absolute atomic E-state index is 13.1. The first-order valence-corrected chi connectivity index (χ1v) is 4.29. The summed E-state index contributed by atoms with van der Waals surface area (Å²) in [4.78, 5) is 0. The number of hydrogen-bond donors (Lipinski definition) is 0. The second-order valence-corrected chi connectivity index (χ2v) is 3.31. The Morgan fingerprint density at radius 2 is 2.21 bits per heavy atom. The van der Waals surface area contributed by atoms with Gasteiger partial charge in [-0.25, -0.2) is 4.39 Å². The molecule has 0 bridgehead atoms. The molecule has 2 aromatic rings. The van der Waals surface area contributed by atoms with Crippen LogP contribution in [0.2, 0.25) is 5.02 Å². The van der Waals surface area contributed by atoms with Crippen LogP contribution in [0.3, 0.4) is 0 Å². The Labute approximate surface area is 84.5 Å². The average molecular weight is 210 g/mol. The van der Waals surface area contributed by atoms with Crippen LogP contribution in [-0.4, -0.2) is 0 Å². The van der Waals surface area contributed by atoms with Gasteiger partial charge in [-0.2, -0.15) is 5.26 Å². The van der Waals surface area contributed by atoms with Gasteiger partial charge in [-0.3, -0.25) is 0 Å². The van der Waals surface area contributed by atoms with E-state index in [2.05, 4.69) is 0 Å². The summed E-state index contributed by atoms with van der Waals surface area (Å²) >= 11 is 5.57. The van der Waals surface area contributed by atoms with Gasteiger partial charge in [0.15, 0.2) is 0 Å². The van der Waals surface area contributed by atoms with Crippen molar-refractivity contribution in [3.8, 4) is 6.07 Å². The van der Waals surface area contributed by atoms with Gasteiger partial charge in [-0.05, 0) is 13.0 Å². The molecule has 0 aliphatic heterocycles. The number of benzene rings is 1. The Kier molecular flexibility index (Phi) is 1.94. The third-order valence-corrected chi connectivity index (χ3v) is 2.31. The van der Waals surface area contributed by atoms with Gasteiger partial charge in [-0.1, -0.05) is 11.6 Å². The summed E-state index contributed by atoms with van der Waals surface area (Å²) in [6.07, 6.45) is 0. The molecule has 0 saturated heterocycles. The molecule has 0 N–H and O–H groups in total. The topological polar surface area (TPSA) is 36.9 Å². The summed E-state index contributed by atoms with van der Waals surface area (Å²) in [6, 6.07) is 4.55. The molecule has 0 spiro atoms. The van der Waals surface area contributed by atoms with Gasteiger partial charge < -0.3 is 4.42 Å². The van der Waals surface area contributed by atoms with Crippen LogP contribution in [0.15, 0.2) is 16.5 Å². The fraction of sp³-hybridized carbons (Fsp3) is 0.100. The minimum atomic E-state index is -0.545. The lowest BCUT2D eigenvalue weighted by molar-refractivity contribution is 0.575. The van der Waals surface area contributed by atoms with Crippen molar-refractivity contribution < 1.29 is 8.81 Å². The van der Waals surface area contributed by atoms with E-state index in [1.165, 1.54) is 12.1 Å². The van der Waals surface area contributed by atoms with Crippen LogP contribution in [0.4, 0.5) is 4.39 Å². The van der Waals surface area contributed by atoms with E-state index in [1.807, 2.05) is 6.07 Å². The van der Waals surface area contributed by atoms with Gasteiger partial charge in [0.05, 0.1) is 5.02 Å². The average Bonchev–Trinajstić information content (AvgIpc) is 2.42. The molecule has 14 heavy (non-hydrogen) atoms. The normalized spacial score (nSPS) is 10.4. The molecule has 0 aliphatic carbocycles. The lowest BCUT2D eigenvalue weighted by Gasteiger charge is -1.92. The number of aryl methyl sites for hydroxylation is 1. The van der Waals surface area contributed by atoms with Crippen molar-refractivity contribution in [1.82, 2.24) is 0 Å². The van der Waals surface area contributed by atoms with Gasteiger partial charge >= 0.3 is 0 Å². The fourth-order valence-electron chi connectivity index (χ4n) is 1.35. The third-order valence-electron chi connectivity index (χ3n) is 2.02. The molecule has 2 nitrogen and oxygen atoms in total. The van der Waals surface area contributed by atoms with Crippen LogP contribution >= 0.6 is 11.6 Å². The van der Waals surface area contributed by atoms with E-state index in [1.54, 1.807) is 6.92 Å². The number of fused-ring (bicyclic) bond motifs is 1. The largest absolute Gasteiger partial charge is 0.460 e. The molecule has 1 heterocycles. The maximum atomic E-state index is 13.1. The summed E-state index contributed by atoms with van der Waals surface area (Å²) in [5.41, 5.74) is 0.793. The summed E-state index contributed by atoms with van der Waals surface area (Å²) in [7, 11) is 0. The molecular formula is C10H5ClFNO. The quantitative estimate of drug-likeness (QED) is 0.667. The van der Waals surface area contributed by atoms with Crippen molar-refractivity contribution in [2.75, 3.05) is 0 Å². The molecule has 70 valence electrons. The van der Waals surface area contributed by atoms with Crippen molar-refractivity contribution in [1.29, 1.82) is 5.26 Å². The molecular weight excluding hydrogens is 205 g/mol. The molecule has 0 atom stereocenters. The van der Waals surface area contributed by atoms with Crippen molar-refractivity contribution in [3.63, 3.8) is 0 Å². The van der Waals surface area contributed by atoms with E-state index in [-0.39, 0.29) is 5.02 Å². The van der Waals surface area contributed by atoms with Crippen LogP contribution in [0.5, 0.6) is 0 Å². The Morgan fingerprint density at radius 1 is 1.50 bits per heavy atom. The van der Waals surface area contributed by atoms with E-state index < -0.39 is 5.82 Å². The molecule has 0 fully saturated rings. The Hall–Kier alpha value is -1.53. The van der Waals surface area contributed by atoms with Gasteiger partial charge in [0.25, 0.3) is 0 Å². The first kappa shape index (κ1) is 9.04. The lowest BCUT2D eigenvalue weighted by Crippen LogP contribution is -1.78. The highest BCUT2D eigenvalue weighted by atomic mass is 35.5. The van der Waals surface area contributed by atoms with Crippen molar-refractivity contribution in [2.45, 2.75) is 6.92 Å². The molecule has 0 saturated carbocycles. The highest BCUT2D eigenvalue weighted by Crippen LogP contribution is 2.29. The molecule has 4 heteroatoms. The number of furan rings is 1. The Bertz CT molecular complexity index is 553.